The van der Waals surface area contributed by atoms with Crippen LogP contribution in [-0.4, -0.2) is 35.6 Å². The lowest BCUT2D eigenvalue weighted by atomic mass is 9.82. The molecule has 2 amide bonds. The van der Waals surface area contributed by atoms with Crippen LogP contribution in [0.1, 0.15) is 18.5 Å². The molecule has 0 radical (unpaired) electrons. The van der Waals surface area contributed by atoms with E-state index in [9.17, 15) is 27.9 Å². The van der Waals surface area contributed by atoms with E-state index in [2.05, 4.69) is 5.32 Å². The van der Waals surface area contributed by atoms with Gasteiger partial charge < -0.3 is 20.5 Å². The summed E-state index contributed by atoms with van der Waals surface area (Å²) >= 11 is 1.87. The van der Waals surface area contributed by atoms with Gasteiger partial charge in [-0.3, -0.25) is 4.79 Å². The van der Waals surface area contributed by atoms with Crippen molar-refractivity contribution in [2.75, 3.05) is 6.61 Å². The molecule has 2 rings (SSSR count). The lowest BCUT2D eigenvalue weighted by molar-refractivity contribution is -0.294. The molecule has 1 saturated heterocycles. The van der Waals surface area contributed by atoms with Crippen molar-refractivity contribution in [2.45, 2.75) is 24.9 Å². The molecule has 6 nitrogen and oxygen atoms in total. The monoisotopic (exact) mass is 458 g/mol. The highest BCUT2D eigenvalue weighted by Crippen LogP contribution is 2.43. The standard InChI is InChI=1S/C14H14F3IN2O4/c1-2-24-11(21)9-10(7-5-3-4-6-8(7)18)19-12(22)20-13(9,23)14(15,16)17/h3-6,9-10,23H,2H2,1H3,(H2,19,20,22)/t9-,10-,13+/m0/s1. The lowest BCUT2D eigenvalue weighted by Crippen LogP contribution is -2.73. The van der Waals surface area contributed by atoms with Crippen molar-refractivity contribution in [2.24, 2.45) is 5.92 Å². The zero-order valence-corrected chi connectivity index (χ0v) is 14.5. The summed E-state index contributed by atoms with van der Waals surface area (Å²) in [7, 11) is 0. The summed E-state index contributed by atoms with van der Waals surface area (Å²) in [6.45, 7) is 1.26. The Morgan fingerprint density at radius 1 is 1.42 bits per heavy atom. The Morgan fingerprint density at radius 2 is 2.04 bits per heavy atom. The Balaban J connectivity index is 2.60. The van der Waals surface area contributed by atoms with Gasteiger partial charge in [0.25, 0.3) is 5.72 Å². The van der Waals surface area contributed by atoms with Gasteiger partial charge in [-0.1, -0.05) is 18.2 Å². The van der Waals surface area contributed by atoms with Gasteiger partial charge in [-0.15, -0.1) is 0 Å². The number of hydrogen-bond acceptors (Lipinski definition) is 4. The maximum atomic E-state index is 13.4. The topological polar surface area (TPSA) is 87.7 Å². The fraction of sp³-hybridized carbons (Fsp3) is 0.429. The number of amides is 2. The first-order chi connectivity index (χ1) is 11.1. The van der Waals surface area contributed by atoms with E-state index in [0.717, 1.165) is 0 Å². The Labute approximate surface area is 148 Å². The predicted molar refractivity (Wildman–Crippen MR) is 84.7 cm³/mol. The number of rotatable bonds is 3. The molecule has 1 aliphatic heterocycles. The first-order valence-corrected chi connectivity index (χ1v) is 7.98. The minimum Gasteiger partial charge on any atom is -0.466 e. The minimum atomic E-state index is -5.28. The first-order valence-electron chi connectivity index (χ1n) is 6.90. The van der Waals surface area contributed by atoms with E-state index >= 15 is 0 Å². The molecular formula is C14H14F3IN2O4. The Bertz CT molecular complexity index is 655. The number of carbonyl (C=O) groups is 2. The zero-order valence-electron chi connectivity index (χ0n) is 12.4. The SMILES string of the molecule is CCOC(=O)[C@@H]1[C@H](c2ccccc2I)NC(=O)N[C@]1(O)C(F)(F)F. The Kier molecular flexibility index (Phi) is 5.28. The first kappa shape index (κ1) is 18.8. The number of urea groups is 1. The van der Waals surface area contributed by atoms with E-state index in [1.807, 2.05) is 22.6 Å². The van der Waals surface area contributed by atoms with E-state index in [0.29, 0.717) is 3.57 Å². The Morgan fingerprint density at radius 3 is 2.58 bits per heavy atom. The molecule has 1 aromatic rings. The van der Waals surface area contributed by atoms with Crippen LogP contribution in [0.4, 0.5) is 18.0 Å². The third kappa shape index (κ3) is 3.29. The van der Waals surface area contributed by atoms with Crippen molar-refractivity contribution >= 4 is 34.6 Å². The predicted octanol–water partition coefficient (Wildman–Crippen LogP) is 2.08. The van der Waals surface area contributed by atoms with Crippen molar-refractivity contribution in [1.29, 1.82) is 0 Å². The molecule has 0 saturated carbocycles. The summed E-state index contributed by atoms with van der Waals surface area (Å²) < 4.78 is 45.5. The molecule has 1 fully saturated rings. The smallest absolute Gasteiger partial charge is 0.437 e. The highest BCUT2D eigenvalue weighted by Gasteiger charge is 2.67. The van der Waals surface area contributed by atoms with Gasteiger partial charge in [-0.25, -0.2) is 4.79 Å². The third-order valence-electron chi connectivity index (χ3n) is 3.59. The van der Waals surface area contributed by atoms with Crippen LogP contribution in [-0.2, 0) is 9.53 Å². The van der Waals surface area contributed by atoms with Crippen LogP contribution in [0.2, 0.25) is 0 Å². The van der Waals surface area contributed by atoms with Crippen molar-refractivity contribution in [3.05, 3.63) is 33.4 Å². The molecule has 0 aliphatic carbocycles. The van der Waals surface area contributed by atoms with Crippen LogP contribution in [0, 0.1) is 9.49 Å². The fourth-order valence-corrected chi connectivity index (χ4v) is 3.25. The number of hydrogen-bond donors (Lipinski definition) is 3. The normalized spacial score (nSPS) is 27.2. The van der Waals surface area contributed by atoms with E-state index in [-0.39, 0.29) is 12.2 Å². The summed E-state index contributed by atoms with van der Waals surface area (Å²) in [4.78, 5) is 23.9. The number of alkyl halides is 3. The van der Waals surface area contributed by atoms with Gasteiger partial charge in [0.15, 0.2) is 0 Å². The fourth-order valence-electron chi connectivity index (χ4n) is 2.52. The molecule has 132 valence electrons. The number of benzene rings is 1. The molecular weight excluding hydrogens is 444 g/mol. The van der Waals surface area contributed by atoms with Gasteiger partial charge in [-0.2, -0.15) is 13.2 Å². The second kappa shape index (κ2) is 6.75. The van der Waals surface area contributed by atoms with E-state index in [1.165, 1.54) is 18.3 Å². The van der Waals surface area contributed by atoms with Crippen LogP contribution in [0.3, 0.4) is 0 Å². The number of nitrogens with one attached hydrogen (secondary N) is 2. The van der Waals surface area contributed by atoms with E-state index in [4.69, 9.17) is 4.74 Å². The molecule has 10 heteroatoms. The molecule has 1 aliphatic rings. The van der Waals surface area contributed by atoms with Crippen molar-refractivity contribution in [3.8, 4) is 0 Å². The zero-order chi connectivity index (χ0) is 18.1. The molecule has 24 heavy (non-hydrogen) atoms. The van der Waals surface area contributed by atoms with Crippen LogP contribution >= 0.6 is 22.6 Å². The summed E-state index contributed by atoms with van der Waals surface area (Å²) in [5.74, 6) is -3.37. The van der Waals surface area contributed by atoms with Crippen molar-refractivity contribution < 1.29 is 32.6 Å². The van der Waals surface area contributed by atoms with Gasteiger partial charge in [0.1, 0.15) is 5.92 Å². The van der Waals surface area contributed by atoms with Crippen LogP contribution in [0.15, 0.2) is 24.3 Å². The van der Waals surface area contributed by atoms with E-state index < -0.39 is 35.9 Å². The number of carbonyl (C=O) groups excluding carboxylic acids is 2. The van der Waals surface area contributed by atoms with Crippen LogP contribution < -0.4 is 10.6 Å². The molecule has 1 aromatic carbocycles. The molecule has 0 unspecified atom stereocenters. The summed E-state index contributed by atoms with van der Waals surface area (Å²) in [6, 6.07) is 3.65. The Hall–Kier alpha value is -1.56. The highest BCUT2D eigenvalue weighted by atomic mass is 127. The molecule has 0 aromatic heterocycles. The number of halogens is 4. The molecule has 0 bridgehead atoms. The quantitative estimate of drug-likeness (QED) is 0.479. The van der Waals surface area contributed by atoms with Gasteiger partial charge in [-0.05, 0) is 41.1 Å². The second-order valence-corrected chi connectivity index (χ2v) is 6.25. The summed E-state index contributed by atoms with van der Waals surface area (Å²) in [5.41, 5.74) is -3.47. The van der Waals surface area contributed by atoms with Crippen LogP contribution in [0.25, 0.3) is 0 Å². The van der Waals surface area contributed by atoms with E-state index in [1.54, 1.807) is 18.2 Å². The third-order valence-corrected chi connectivity index (χ3v) is 4.57. The maximum Gasteiger partial charge on any atom is 0.437 e. The van der Waals surface area contributed by atoms with Gasteiger partial charge in [0, 0.05) is 3.57 Å². The van der Waals surface area contributed by atoms with Gasteiger partial charge in [0.2, 0.25) is 0 Å². The average Bonchev–Trinajstić information content (AvgIpc) is 2.45. The number of ether oxygens (including phenoxy) is 1. The molecule has 3 N–H and O–H groups in total. The average molecular weight is 458 g/mol. The summed E-state index contributed by atoms with van der Waals surface area (Å²) in [5, 5.41) is 13.9. The van der Waals surface area contributed by atoms with Crippen LogP contribution in [0.5, 0.6) is 0 Å². The largest absolute Gasteiger partial charge is 0.466 e. The number of esters is 1. The molecule has 1 heterocycles. The number of aliphatic hydroxyl groups is 1. The lowest BCUT2D eigenvalue weighted by Gasteiger charge is -2.44. The van der Waals surface area contributed by atoms with Gasteiger partial charge in [0.05, 0.1) is 12.6 Å². The van der Waals surface area contributed by atoms with Gasteiger partial charge >= 0.3 is 18.2 Å². The minimum absolute atomic E-state index is 0.171. The second-order valence-electron chi connectivity index (χ2n) is 5.09. The van der Waals surface area contributed by atoms with Crippen molar-refractivity contribution in [3.63, 3.8) is 0 Å². The molecule has 3 atom stereocenters. The summed E-state index contributed by atoms with van der Waals surface area (Å²) in [6.07, 6.45) is -5.28. The maximum absolute atomic E-state index is 13.4. The highest BCUT2D eigenvalue weighted by molar-refractivity contribution is 14.1. The molecule has 0 spiro atoms. The van der Waals surface area contributed by atoms with Crippen molar-refractivity contribution in [1.82, 2.24) is 10.6 Å².